The van der Waals surface area contributed by atoms with Crippen molar-refractivity contribution < 1.29 is 14.3 Å². The summed E-state index contributed by atoms with van der Waals surface area (Å²) in [4.78, 5) is 13.8. The minimum absolute atomic E-state index is 0.0426. The van der Waals surface area contributed by atoms with E-state index in [-0.39, 0.29) is 17.3 Å². The average Bonchev–Trinajstić information content (AvgIpc) is 2.44. The first-order chi connectivity index (χ1) is 9.54. The lowest BCUT2D eigenvalue weighted by molar-refractivity contribution is 0.0987. The summed E-state index contributed by atoms with van der Waals surface area (Å²) in [5.41, 5.74) is 0.561. The van der Waals surface area contributed by atoms with Crippen LogP contribution in [0.5, 0.6) is 5.75 Å². The molecule has 0 spiro atoms. The number of benzene rings is 2. The van der Waals surface area contributed by atoms with Crippen LogP contribution >= 0.6 is 22.6 Å². The lowest BCUT2D eigenvalue weighted by atomic mass is 10.1. The number of phenolic OH excluding ortho intramolecular Hbond substituents is 1. The van der Waals surface area contributed by atoms with Crippen molar-refractivity contribution in [3.8, 4) is 5.75 Å². The fourth-order valence-electron chi connectivity index (χ4n) is 1.90. The van der Waals surface area contributed by atoms with Crippen molar-refractivity contribution in [3.63, 3.8) is 0 Å². The lowest BCUT2D eigenvalue weighted by Gasteiger charge is -2.21. The van der Waals surface area contributed by atoms with Crippen LogP contribution in [0.1, 0.15) is 17.3 Å². The van der Waals surface area contributed by atoms with E-state index in [0.717, 1.165) is 0 Å². The van der Waals surface area contributed by atoms with E-state index >= 15 is 0 Å². The van der Waals surface area contributed by atoms with Gasteiger partial charge in [-0.1, -0.05) is 12.1 Å². The first-order valence-corrected chi connectivity index (χ1v) is 7.17. The molecule has 3 nitrogen and oxygen atoms in total. The van der Waals surface area contributed by atoms with E-state index in [2.05, 4.69) is 0 Å². The number of amides is 1. The number of carbonyl (C=O) groups excluding carboxylic acids is 1. The molecule has 104 valence electrons. The van der Waals surface area contributed by atoms with Crippen LogP contribution in [0.4, 0.5) is 10.1 Å². The Hall–Kier alpha value is -1.63. The van der Waals surface area contributed by atoms with Gasteiger partial charge in [0.05, 0.1) is 9.26 Å². The van der Waals surface area contributed by atoms with Gasteiger partial charge >= 0.3 is 0 Å². The van der Waals surface area contributed by atoms with Gasteiger partial charge in [-0.25, -0.2) is 4.39 Å². The van der Waals surface area contributed by atoms with E-state index in [1.54, 1.807) is 37.3 Å². The number of nitrogens with zero attached hydrogens (tertiary/aromatic N) is 1. The van der Waals surface area contributed by atoms with E-state index in [1.165, 1.54) is 17.0 Å². The van der Waals surface area contributed by atoms with Crippen molar-refractivity contribution in [3.05, 3.63) is 57.4 Å². The highest BCUT2D eigenvalue weighted by molar-refractivity contribution is 14.1. The van der Waals surface area contributed by atoms with Gasteiger partial charge < -0.3 is 10.0 Å². The Bertz CT molecular complexity index is 646. The van der Waals surface area contributed by atoms with E-state index in [0.29, 0.717) is 15.7 Å². The molecule has 0 saturated carbocycles. The molecule has 0 aliphatic heterocycles. The quantitative estimate of drug-likeness (QED) is 0.817. The molecular weight excluding hydrogens is 372 g/mol. The number of phenols is 1. The molecule has 0 aliphatic rings. The second-order valence-electron chi connectivity index (χ2n) is 4.17. The Kier molecular flexibility index (Phi) is 4.59. The zero-order chi connectivity index (χ0) is 14.7. The molecule has 0 atom stereocenters. The largest absolute Gasteiger partial charge is 0.507 e. The fourth-order valence-corrected chi connectivity index (χ4v) is 2.23. The summed E-state index contributed by atoms with van der Waals surface area (Å²) in [5, 5.41) is 9.68. The van der Waals surface area contributed by atoms with Crippen molar-refractivity contribution in [1.82, 2.24) is 0 Å². The number of aromatic hydroxyl groups is 1. The van der Waals surface area contributed by atoms with Gasteiger partial charge in [0, 0.05) is 12.1 Å². The van der Waals surface area contributed by atoms with E-state index in [1.807, 2.05) is 22.6 Å². The molecule has 0 bridgehead atoms. The highest BCUT2D eigenvalue weighted by atomic mass is 127. The molecule has 0 fully saturated rings. The lowest BCUT2D eigenvalue weighted by Crippen LogP contribution is -2.31. The number of anilines is 1. The Morgan fingerprint density at radius 3 is 2.60 bits per heavy atom. The van der Waals surface area contributed by atoms with Crippen LogP contribution in [0, 0.1) is 9.39 Å². The molecule has 5 heteroatoms. The predicted molar refractivity (Wildman–Crippen MR) is 84.6 cm³/mol. The van der Waals surface area contributed by atoms with Crippen LogP contribution in [0.15, 0.2) is 42.5 Å². The second kappa shape index (κ2) is 6.21. The summed E-state index contributed by atoms with van der Waals surface area (Å²) in [6.45, 7) is 2.11. The SMILES string of the molecule is CCN(C(=O)c1ccc(I)c(O)c1)c1ccccc1F. The highest BCUT2D eigenvalue weighted by Crippen LogP contribution is 2.24. The molecule has 1 amide bonds. The van der Waals surface area contributed by atoms with E-state index in [9.17, 15) is 14.3 Å². The third kappa shape index (κ3) is 2.92. The summed E-state index contributed by atoms with van der Waals surface area (Å²) in [7, 11) is 0. The Labute approximate surface area is 130 Å². The molecule has 0 heterocycles. The van der Waals surface area contributed by atoms with Gasteiger partial charge in [-0.2, -0.15) is 0 Å². The Morgan fingerprint density at radius 1 is 1.30 bits per heavy atom. The van der Waals surface area contributed by atoms with Crippen LogP contribution < -0.4 is 4.90 Å². The fraction of sp³-hybridized carbons (Fsp3) is 0.133. The minimum atomic E-state index is -0.447. The number of halogens is 2. The van der Waals surface area contributed by atoms with Crippen LogP contribution in [0.2, 0.25) is 0 Å². The average molecular weight is 385 g/mol. The van der Waals surface area contributed by atoms with Crippen molar-refractivity contribution in [2.75, 3.05) is 11.4 Å². The zero-order valence-corrected chi connectivity index (χ0v) is 13.0. The highest BCUT2D eigenvalue weighted by Gasteiger charge is 2.19. The summed E-state index contributed by atoms with van der Waals surface area (Å²) in [6.07, 6.45) is 0. The molecule has 0 radical (unpaired) electrons. The molecule has 2 aromatic rings. The van der Waals surface area contributed by atoms with Gasteiger partial charge in [-0.15, -0.1) is 0 Å². The molecule has 1 N–H and O–H groups in total. The number of hydrogen-bond donors (Lipinski definition) is 1. The monoisotopic (exact) mass is 385 g/mol. The van der Waals surface area contributed by atoms with Crippen LogP contribution in [-0.2, 0) is 0 Å². The number of carbonyl (C=O) groups is 1. The summed E-state index contributed by atoms with van der Waals surface area (Å²) >= 11 is 1.97. The third-order valence-electron chi connectivity index (χ3n) is 2.90. The molecule has 0 unspecified atom stereocenters. The van der Waals surface area contributed by atoms with Crippen LogP contribution in [0.3, 0.4) is 0 Å². The van der Waals surface area contributed by atoms with Crippen molar-refractivity contribution in [2.24, 2.45) is 0 Å². The summed E-state index contributed by atoms with van der Waals surface area (Å²) < 4.78 is 14.5. The number of para-hydroxylation sites is 1. The standard InChI is InChI=1S/C15H13FINO2/c1-2-18(13-6-4-3-5-11(13)16)15(20)10-7-8-12(17)14(19)9-10/h3-9,19H,2H2,1H3. The van der Waals surface area contributed by atoms with Crippen LogP contribution in [0.25, 0.3) is 0 Å². The zero-order valence-electron chi connectivity index (χ0n) is 10.8. The second-order valence-corrected chi connectivity index (χ2v) is 5.33. The van der Waals surface area contributed by atoms with Gasteiger partial charge in [0.1, 0.15) is 11.6 Å². The van der Waals surface area contributed by atoms with E-state index in [4.69, 9.17) is 0 Å². The van der Waals surface area contributed by atoms with Gasteiger partial charge in [0.15, 0.2) is 0 Å². The third-order valence-corrected chi connectivity index (χ3v) is 3.81. The van der Waals surface area contributed by atoms with E-state index < -0.39 is 5.82 Å². The molecule has 0 aromatic heterocycles. The molecule has 2 rings (SSSR count). The summed E-state index contributed by atoms with van der Waals surface area (Å²) in [6, 6.07) is 10.8. The Balaban J connectivity index is 2.39. The maximum absolute atomic E-state index is 13.8. The number of hydrogen-bond acceptors (Lipinski definition) is 2. The normalized spacial score (nSPS) is 10.3. The predicted octanol–water partition coefficient (Wildman–Crippen LogP) is 3.80. The van der Waals surface area contributed by atoms with Crippen molar-refractivity contribution in [1.29, 1.82) is 0 Å². The van der Waals surface area contributed by atoms with Crippen molar-refractivity contribution in [2.45, 2.75) is 6.92 Å². The molecule has 0 saturated heterocycles. The molecule has 20 heavy (non-hydrogen) atoms. The number of rotatable bonds is 3. The topological polar surface area (TPSA) is 40.5 Å². The minimum Gasteiger partial charge on any atom is -0.507 e. The van der Waals surface area contributed by atoms with Gasteiger partial charge in [-0.3, -0.25) is 4.79 Å². The van der Waals surface area contributed by atoms with Crippen molar-refractivity contribution >= 4 is 34.2 Å². The molecular formula is C15H13FINO2. The first kappa shape index (κ1) is 14.8. The summed E-state index contributed by atoms with van der Waals surface area (Å²) in [5.74, 6) is -0.747. The Morgan fingerprint density at radius 2 is 2.00 bits per heavy atom. The van der Waals surface area contributed by atoms with Crippen LogP contribution in [-0.4, -0.2) is 17.6 Å². The van der Waals surface area contributed by atoms with Gasteiger partial charge in [0.2, 0.25) is 0 Å². The first-order valence-electron chi connectivity index (χ1n) is 6.09. The van der Waals surface area contributed by atoms with Gasteiger partial charge in [0.25, 0.3) is 5.91 Å². The molecule has 0 aliphatic carbocycles. The smallest absolute Gasteiger partial charge is 0.258 e. The van der Waals surface area contributed by atoms with Gasteiger partial charge in [-0.05, 0) is 59.8 Å². The molecule has 2 aromatic carbocycles. The maximum atomic E-state index is 13.8. The maximum Gasteiger partial charge on any atom is 0.258 e.